The van der Waals surface area contributed by atoms with Gasteiger partial charge in [0, 0.05) is 6.54 Å². The first kappa shape index (κ1) is 5.59. The van der Waals surface area contributed by atoms with Crippen LogP contribution in [0.4, 0.5) is 0 Å². The fraction of sp³-hybridized carbons (Fsp3) is 0.667. The minimum absolute atomic E-state index is 0.0382. The molecule has 35 valence electrons. The van der Waals surface area contributed by atoms with E-state index in [2.05, 4.69) is 0 Å². The Morgan fingerprint density at radius 1 is 2.00 bits per heavy atom. The number of aliphatic hydroxyl groups is 1. The second kappa shape index (κ2) is 2.81. The van der Waals surface area contributed by atoms with Gasteiger partial charge >= 0.3 is 0 Å². The van der Waals surface area contributed by atoms with Crippen molar-refractivity contribution in [1.29, 1.82) is 0 Å². The molecule has 3 heteroatoms. The Labute approximate surface area is 35.8 Å². The van der Waals surface area contributed by atoms with Crippen molar-refractivity contribution in [1.82, 2.24) is 0 Å². The molecule has 0 spiro atoms. The summed E-state index contributed by atoms with van der Waals surface area (Å²) in [7, 11) is 0. The van der Waals surface area contributed by atoms with Crippen molar-refractivity contribution in [3.8, 4) is 0 Å². The highest BCUT2D eigenvalue weighted by atomic mass is 16.3. The zero-order chi connectivity index (χ0) is 4.99. The second-order valence-electron chi connectivity index (χ2n) is 0.869. The van der Waals surface area contributed by atoms with Gasteiger partial charge in [0.2, 0.25) is 6.29 Å². The average molecular weight is 88.1 g/mol. The summed E-state index contributed by atoms with van der Waals surface area (Å²) in [6.45, 7) is -0.0382. The smallest absolute Gasteiger partial charge is 0.230 e. The number of hydrogen-bond donors (Lipinski definition) is 2. The SMILES string of the molecule is NCC(O)[C]=O. The molecule has 0 bridgehead atoms. The molecule has 0 aromatic heterocycles. The molecule has 0 rings (SSSR count). The summed E-state index contributed by atoms with van der Waals surface area (Å²) in [6, 6.07) is 0. The monoisotopic (exact) mass is 88.0 g/mol. The molecule has 0 amide bonds. The average Bonchev–Trinajstić information content (AvgIpc) is 1.65. The Balaban J connectivity index is 2.96. The van der Waals surface area contributed by atoms with E-state index in [1.54, 1.807) is 0 Å². The Bertz CT molecular complexity index is 46.1. The number of carbonyl (C=O) groups excluding carboxylic acids is 1. The van der Waals surface area contributed by atoms with Crippen molar-refractivity contribution in [2.75, 3.05) is 6.54 Å². The summed E-state index contributed by atoms with van der Waals surface area (Å²) < 4.78 is 0. The van der Waals surface area contributed by atoms with E-state index in [-0.39, 0.29) is 6.54 Å². The second-order valence-corrected chi connectivity index (χ2v) is 0.869. The molecule has 1 unspecified atom stereocenters. The van der Waals surface area contributed by atoms with Gasteiger partial charge in [0.15, 0.2) is 0 Å². The van der Waals surface area contributed by atoms with Crippen LogP contribution in [0.25, 0.3) is 0 Å². The van der Waals surface area contributed by atoms with Crippen molar-refractivity contribution in [2.45, 2.75) is 6.10 Å². The van der Waals surface area contributed by atoms with E-state index in [0.29, 0.717) is 0 Å². The largest absolute Gasteiger partial charge is 0.383 e. The molecule has 3 nitrogen and oxygen atoms in total. The summed E-state index contributed by atoms with van der Waals surface area (Å²) in [6.07, 6.45) is 0.203. The van der Waals surface area contributed by atoms with Gasteiger partial charge < -0.3 is 10.8 Å². The van der Waals surface area contributed by atoms with Gasteiger partial charge in [-0.15, -0.1) is 0 Å². The molecule has 0 aliphatic heterocycles. The van der Waals surface area contributed by atoms with Crippen LogP contribution in [0.1, 0.15) is 0 Å². The minimum Gasteiger partial charge on any atom is -0.383 e. The van der Waals surface area contributed by atoms with Gasteiger partial charge in [-0.1, -0.05) is 0 Å². The van der Waals surface area contributed by atoms with E-state index < -0.39 is 6.10 Å². The van der Waals surface area contributed by atoms with Crippen molar-refractivity contribution in [3.63, 3.8) is 0 Å². The van der Waals surface area contributed by atoms with Crippen LogP contribution < -0.4 is 5.73 Å². The topological polar surface area (TPSA) is 63.3 Å². The summed E-state index contributed by atoms with van der Waals surface area (Å²) in [5, 5.41) is 8.12. The van der Waals surface area contributed by atoms with Gasteiger partial charge in [-0.05, 0) is 0 Å². The predicted octanol–water partition coefficient (Wildman–Crippen LogP) is -1.58. The van der Waals surface area contributed by atoms with Gasteiger partial charge in [-0.3, -0.25) is 4.79 Å². The molecule has 0 aromatic carbocycles. The summed E-state index contributed by atoms with van der Waals surface area (Å²) in [5.74, 6) is 0. The first-order chi connectivity index (χ1) is 2.81. The zero-order valence-electron chi connectivity index (χ0n) is 3.22. The molecule has 0 aromatic rings. The highest BCUT2D eigenvalue weighted by molar-refractivity contribution is 5.56. The Morgan fingerprint density at radius 2 is 2.50 bits per heavy atom. The standard InChI is InChI=1S/C3H6NO2/c4-1-3(6)2-5/h3,6H,1,4H2. The third kappa shape index (κ3) is 1.87. The van der Waals surface area contributed by atoms with Crippen molar-refractivity contribution in [2.24, 2.45) is 5.73 Å². The summed E-state index contributed by atoms with van der Waals surface area (Å²) >= 11 is 0. The molecule has 1 radical (unpaired) electrons. The van der Waals surface area contributed by atoms with E-state index in [0.717, 1.165) is 0 Å². The molecule has 1 atom stereocenters. The van der Waals surface area contributed by atoms with E-state index in [1.807, 2.05) is 0 Å². The highest BCUT2D eigenvalue weighted by Gasteiger charge is 1.93. The van der Waals surface area contributed by atoms with Gasteiger partial charge in [0.05, 0.1) is 0 Å². The normalized spacial score (nSPS) is 13.7. The molecular formula is C3H6NO2. The van der Waals surface area contributed by atoms with E-state index in [1.165, 1.54) is 6.29 Å². The van der Waals surface area contributed by atoms with Crippen LogP contribution >= 0.6 is 0 Å². The van der Waals surface area contributed by atoms with Crippen LogP contribution in [0.5, 0.6) is 0 Å². The predicted molar refractivity (Wildman–Crippen MR) is 20.8 cm³/mol. The number of nitrogens with two attached hydrogens (primary N) is 1. The maximum absolute atomic E-state index is 9.28. The van der Waals surface area contributed by atoms with Crippen LogP contribution in [-0.2, 0) is 4.79 Å². The minimum atomic E-state index is -1.09. The van der Waals surface area contributed by atoms with Crippen LogP contribution in [0.15, 0.2) is 0 Å². The summed E-state index contributed by atoms with van der Waals surface area (Å²) in [4.78, 5) is 9.28. The number of rotatable bonds is 2. The molecule has 0 heterocycles. The maximum atomic E-state index is 9.28. The third-order valence-corrected chi connectivity index (χ3v) is 0.359. The third-order valence-electron chi connectivity index (χ3n) is 0.359. The van der Waals surface area contributed by atoms with E-state index in [4.69, 9.17) is 10.8 Å². The molecular weight excluding hydrogens is 82.0 g/mol. The van der Waals surface area contributed by atoms with Gasteiger partial charge in [-0.25, -0.2) is 0 Å². The Morgan fingerprint density at radius 3 is 2.50 bits per heavy atom. The number of hydrogen-bond acceptors (Lipinski definition) is 3. The number of aliphatic hydroxyl groups excluding tert-OH is 1. The van der Waals surface area contributed by atoms with Crippen molar-refractivity contribution in [3.05, 3.63) is 0 Å². The fourth-order valence-corrected chi connectivity index (χ4v) is 0.0481. The molecule has 0 aliphatic rings. The molecule has 3 N–H and O–H groups in total. The summed E-state index contributed by atoms with van der Waals surface area (Å²) in [5.41, 5.74) is 4.77. The molecule has 0 saturated heterocycles. The molecule has 6 heavy (non-hydrogen) atoms. The van der Waals surface area contributed by atoms with Gasteiger partial charge in [0.25, 0.3) is 0 Å². The van der Waals surface area contributed by atoms with Crippen LogP contribution in [0.2, 0.25) is 0 Å². The van der Waals surface area contributed by atoms with Crippen LogP contribution in [0, 0.1) is 0 Å². The fourth-order valence-electron chi connectivity index (χ4n) is 0.0481. The lowest BCUT2D eigenvalue weighted by atomic mass is 10.4. The maximum Gasteiger partial charge on any atom is 0.230 e. The first-order valence-corrected chi connectivity index (χ1v) is 1.57. The zero-order valence-corrected chi connectivity index (χ0v) is 3.22. The van der Waals surface area contributed by atoms with Crippen molar-refractivity contribution >= 4 is 6.29 Å². The van der Waals surface area contributed by atoms with E-state index >= 15 is 0 Å². The quantitative estimate of drug-likeness (QED) is 0.428. The van der Waals surface area contributed by atoms with E-state index in [9.17, 15) is 4.79 Å². The van der Waals surface area contributed by atoms with Gasteiger partial charge in [0.1, 0.15) is 6.10 Å². The molecule has 0 saturated carbocycles. The Kier molecular flexibility index (Phi) is 2.62. The molecule has 0 fully saturated rings. The van der Waals surface area contributed by atoms with Crippen LogP contribution in [-0.4, -0.2) is 24.0 Å². The highest BCUT2D eigenvalue weighted by Crippen LogP contribution is 1.63. The van der Waals surface area contributed by atoms with Crippen molar-refractivity contribution < 1.29 is 9.90 Å². The lowest BCUT2D eigenvalue weighted by molar-refractivity contribution is 0.242. The Hall–Kier alpha value is -0.410. The lowest BCUT2D eigenvalue weighted by Gasteiger charge is -1.88. The van der Waals surface area contributed by atoms with Crippen LogP contribution in [0.3, 0.4) is 0 Å². The first-order valence-electron chi connectivity index (χ1n) is 1.57. The lowest BCUT2D eigenvalue weighted by Crippen LogP contribution is -2.20. The molecule has 0 aliphatic carbocycles. The van der Waals surface area contributed by atoms with Gasteiger partial charge in [-0.2, -0.15) is 0 Å².